The van der Waals surface area contributed by atoms with Gasteiger partial charge in [0.1, 0.15) is 0 Å². The summed E-state index contributed by atoms with van der Waals surface area (Å²) in [5.74, 6) is -0.109. The number of ether oxygens (including phenoxy) is 3. The second-order valence-electron chi connectivity index (χ2n) is 7.71. The molecule has 1 heterocycles. The van der Waals surface area contributed by atoms with Crippen LogP contribution in [0.25, 0.3) is 0 Å². The van der Waals surface area contributed by atoms with E-state index >= 15 is 0 Å². The van der Waals surface area contributed by atoms with E-state index in [2.05, 4.69) is 6.92 Å². The zero-order valence-corrected chi connectivity index (χ0v) is 14.8. The Balaban J connectivity index is 1.82. The lowest BCUT2D eigenvalue weighted by Gasteiger charge is -2.30. The van der Waals surface area contributed by atoms with E-state index in [4.69, 9.17) is 14.2 Å². The predicted molar refractivity (Wildman–Crippen MR) is 85.4 cm³/mol. The van der Waals surface area contributed by atoms with Crippen molar-refractivity contribution in [3.8, 4) is 0 Å². The number of rotatable bonds is 6. The fourth-order valence-electron chi connectivity index (χ4n) is 3.37. The van der Waals surface area contributed by atoms with Crippen LogP contribution in [0.15, 0.2) is 0 Å². The topological polar surface area (TPSA) is 44.8 Å². The Labute approximate surface area is 134 Å². The van der Waals surface area contributed by atoms with Gasteiger partial charge in [-0.05, 0) is 52.4 Å². The first-order valence-electron chi connectivity index (χ1n) is 8.82. The average Bonchev–Trinajstić information content (AvgIpc) is 2.80. The fourth-order valence-corrected chi connectivity index (χ4v) is 3.37. The SMILES string of the molecule is CCCC1(C)OC2CCC(COC(=O)C(C)(C)CC)CC2O1. The quantitative estimate of drug-likeness (QED) is 0.694. The van der Waals surface area contributed by atoms with E-state index in [1.165, 1.54) is 0 Å². The van der Waals surface area contributed by atoms with Crippen molar-refractivity contribution in [2.45, 2.75) is 91.1 Å². The number of carbonyl (C=O) groups is 1. The molecule has 1 aliphatic heterocycles. The van der Waals surface area contributed by atoms with Crippen LogP contribution in [0.4, 0.5) is 0 Å². The summed E-state index contributed by atoms with van der Waals surface area (Å²) in [5.41, 5.74) is -0.385. The molecule has 1 saturated heterocycles. The molecule has 2 aliphatic rings. The number of esters is 1. The molecule has 0 N–H and O–H groups in total. The molecule has 4 unspecified atom stereocenters. The summed E-state index contributed by atoms with van der Waals surface area (Å²) in [5, 5.41) is 0. The van der Waals surface area contributed by atoms with Crippen molar-refractivity contribution in [2.75, 3.05) is 6.61 Å². The molecule has 0 aromatic heterocycles. The minimum atomic E-state index is -0.417. The summed E-state index contributed by atoms with van der Waals surface area (Å²) in [7, 11) is 0. The lowest BCUT2D eigenvalue weighted by Crippen LogP contribution is -2.34. The van der Waals surface area contributed by atoms with Crippen molar-refractivity contribution in [3.05, 3.63) is 0 Å². The van der Waals surface area contributed by atoms with E-state index in [-0.39, 0.29) is 23.6 Å². The molecule has 4 heteroatoms. The second kappa shape index (κ2) is 6.88. The molecule has 2 rings (SSSR count). The van der Waals surface area contributed by atoms with Gasteiger partial charge in [-0.2, -0.15) is 0 Å². The van der Waals surface area contributed by atoms with Crippen LogP contribution in [0.1, 0.15) is 73.1 Å². The van der Waals surface area contributed by atoms with E-state index < -0.39 is 5.79 Å². The van der Waals surface area contributed by atoms with E-state index in [0.29, 0.717) is 12.5 Å². The Morgan fingerprint density at radius 2 is 1.91 bits per heavy atom. The van der Waals surface area contributed by atoms with Gasteiger partial charge in [-0.15, -0.1) is 0 Å². The first-order chi connectivity index (χ1) is 10.3. The molecule has 0 aromatic rings. The highest BCUT2D eigenvalue weighted by atomic mass is 16.8. The lowest BCUT2D eigenvalue weighted by molar-refractivity contribution is -0.166. The summed E-state index contributed by atoms with van der Waals surface area (Å²) in [6.45, 7) is 10.6. The maximum atomic E-state index is 12.1. The highest BCUT2D eigenvalue weighted by Crippen LogP contribution is 2.41. The van der Waals surface area contributed by atoms with Gasteiger partial charge in [0, 0.05) is 6.42 Å². The zero-order valence-electron chi connectivity index (χ0n) is 14.8. The van der Waals surface area contributed by atoms with Gasteiger partial charge in [0.25, 0.3) is 0 Å². The molecular weight excluding hydrogens is 280 g/mol. The van der Waals surface area contributed by atoms with Gasteiger partial charge in [0.05, 0.1) is 24.2 Å². The van der Waals surface area contributed by atoms with Gasteiger partial charge in [-0.1, -0.05) is 20.3 Å². The maximum Gasteiger partial charge on any atom is 0.311 e. The highest BCUT2D eigenvalue weighted by molar-refractivity contribution is 5.75. The molecule has 0 amide bonds. The molecule has 0 spiro atoms. The smallest absolute Gasteiger partial charge is 0.311 e. The Bertz CT molecular complexity index is 393. The molecular formula is C18H32O4. The molecule has 2 fully saturated rings. The monoisotopic (exact) mass is 312 g/mol. The fraction of sp³-hybridized carbons (Fsp3) is 0.944. The van der Waals surface area contributed by atoms with Gasteiger partial charge >= 0.3 is 5.97 Å². The van der Waals surface area contributed by atoms with Crippen LogP contribution >= 0.6 is 0 Å². The van der Waals surface area contributed by atoms with Crippen molar-refractivity contribution >= 4 is 5.97 Å². The van der Waals surface area contributed by atoms with E-state index in [9.17, 15) is 4.79 Å². The molecule has 22 heavy (non-hydrogen) atoms. The number of carbonyl (C=O) groups excluding carboxylic acids is 1. The minimum absolute atomic E-state index is 0.0865. The van der Waals surface area contributed by atoms with Crippen molar-refractivity contribution < 1.29 is 19.0 Å². The van der Waals surface area contributed by atoms with Crippen LogP contribution in [-0.4, -0.2) is 30.6 Å². The Morgan fingerprint density at radius 3 is 2.55 bits per heavy atom. The predicted octanol–water partition coefficient (Wildman–Crippen LogP) is 4.07. The molecule has 1 saturated carbocycles. The highest BCUT2D eigenvalue weighted by Gasteiger charge is 2.46. The van der Waals surface area contributed by atoms with Crippen LogP contribution in [0.5, 0.6) is 0 Å². The Hall–Kier alpha value is -0.610. The molecule has 0 radical (unpaired) electrons. The van der Waals surface area contributed by atoms with Crippen molar-refractivity contribution in [1.29, 1.82) is 0 Å². The summed E-state index contributed by atoms with van der Waals surface area (Å²) >= 11 is 0. The van der Waals surface area contributed by atoms with Gasteiger partial charge < -0.3 is 14.2 Å². The van der Waals surface area contributed by atoms with Gasteiger partial charge in [0.15, 0.2) is 5.79 Å². The van der Waals surface area contributed by atoms with Crippen LogP contribution in [0.3, 0.4) is 0 Å². The molecule has 1 aliphatic carbocycles. The van der Waals surface area contributed by atoms with Crippen molar-refractivity contribution in [2.24, 2.45) is 11.3 Å². The first-order valence-corrected chi connectivity index (χ1v) is 8.82. The molecule has 0 aromatic carbocycles. The number of fused-ring (bicyclic) bond motifs is 1. The summed E-state index contributed by atoms with van der Waals surface area (Å²) in [6, 6.07) is 0. The van der Waals surface area contributed by atoms with Crippen LogP contribution in [0.2, 0.25) is 0 Å². The molecule has 0 bridgehead atoms. The molecule has 4 nitrogen and oxygen atoms in total. The summed E-state index contributed by atoms with van der Waals surface area (Å²) in [6.07, 6.45) is 6.16. The zero-order chi connectivity index (χ0) is 16.4. The minimum Gasteiger partial charge on any atom is -0.465 e. The van der Waals surface area contributed by atoms with Crippen molar-refractivity contribution in [1.82, 2.24) is 0 Å². The van der Waals surface area contributed by atoms with E-state index in [1.807, 2.05) is 27.7 Å². The summed E-state index contributed by atoms with van der Waals surface area (Å²) < 4.78 is 17.8. The number of hydrogen-bond acceptors (Lipinski definition) is 4. The first kappa shape index (κ1) is 17.7. The lowest BCUT2D eigenvalue weighted by atomic mass is 9.85. The third-order valence-electron chi connectivity index (χ3n) is 5.23. The summed E-state index contributed by atoms with van der Waals surface area (Å²) in [4.78, 5) is 12.1. The van der Waals surface area contributed by atoms with E-state index in [1.54, 1.807) is 0 Å². The van der Waals surface area contributed by atoms with Gasteiger partial charge in [0.2, 0.25) is 0 Å². The second-order valence-corrected chi connectivity index (χ2v) is 7.71. The van der Waals surface area contributed by atoms with Crippen LogP contribution < -0.4 is 0 Å². The standard InChI is InChI=1S/C18H32O4/c1-6-10-18(5)21-14-9-8-13(11-15(14)22-18)12-20-16(19)17(3,4)7-2/h13-15H,6-12H2,1-5H3. The third kappa shape index (κ3) is 4.02. The molecule has 4 atom stereocenters. The van der Waals surface area contributed by atoms with Crippen molar-refractivity contribution in [3.63, 3.8) is 0 Å². The molecule has 128 valence electrons. The van der Waals surface area contributed by atoms with Crippen LogP contribution in [-0.2, 0) is 19.0 Å². The Kier molecular flexibility index (Phi) is 5.54. The average molecular weight is 312 g/mol. The van der Waals surface area contributed by atoms with E-state index in [0.717, 1.165) is 38.5 Å². The van der Waals surface area contributed by atoms with Crippen LogP contribution in [0, 0.1) is 11.3 Å². The Morgan fingerprint density at radius 1 is 1.23 bits per heavy atom. The number of hydrogen-bond donors (Lipinski definition) is 0. The van der Waals surface area contributed by atoms with Gasteiger partial charge in [-0.3, -0.25) is 4.79 Å². The normalized spacial score (nSPS) is 35.2. The maximum absolute atomic E-state index is 12.1. The third-order valence-corrected chi connectivity index (χ3v) is 5.23. The largest absolute Gasteiger partial charge is 0.465 e. The van der Waals surface area contributed by atoms with Gasteiger partial charge in [-0.25, -0.2) is 0 Å².